The molecule has 0 atom stereocenters. The van der Waals surface area contributed by atoms with Gasteiger partial charge in [0.1, 0.15) is 0 Å². The molecule has 1 aromatic carbocycles. The van der Waals surface area contributed by atoms with E-state index in [2.05, 4.69) is 39.9 Å². The van der Waals surface area contributed by atoms with Crippen LogP contribution in [0.5, 0.6) is 0 Å². The fourth-order valence-electron chi connectivity index (χ4n) is 2.80. The van der Waals surface area contributed by atoms with Crippen molar-refractivity contribution >= 4 is 21.9 Å². The Bertz CT molecular complexity index is 455. The third kappa shape index (κ3) is 4.05. The molecule has 0 saturated heterocycles. The molecule has 4 heteroatoms. The van der Waals surface area contributed by atoms with Gasteiger partial charge in [-0.3, -0.25) is 9.69 Å². The highest BCUT2D eigenvalue weighted by Crippen LogP contribution is 2.25. The minimum Gasteiger partial charge on any atom is -0.480 e. The minimum absolute atomic E-state index is 0.139. The van der Waals surface area contributed by atoms with Crippen molar-refractivity contribution in [2.75, 3.05) is 6.54 Å². The van der Waals surface area contributed by atoms with Crippen molar-refractivity contribution in [2.24, 2.45) is 0 Å². The summed E-state index contributed by atoms with van der Waals surface area (Å²) in [5, 5.41) is 9.07. The zero-order valence-corrected chi connectivity index (χ0v) is 12.8. The van der Waals surface area contributed by atoms with Crippen LogP contribution in [0.2, 0.25) is 0 Å². The lowest BCUT2D eigenvalue weighted by Crippen LogP contribution is -2.37. The molecule has 1 aliphatic rings. The molecule has 2 rings (SSSR count). The first kappa shape index (κ1) is 14.5. The summed E-state index contributed by atoms with van der Waals surface area (Å²) in [4.78, 5) is 13.1. The average molecular weight is 326 g/mol. The van der Waals surface area contributed by atoms with Crippen LogP contribution in [0.15, 0.2) is 22.7 Å². The lowest BCUT2D eigenvalue weighted by atomic mass is 10.1. The highest BCUT2D eigenvalue weighted by atomic mass is 79.9. The molecule has 3 nitrogen and oxygen atoms in total. The molecule has 0 bridgehead atoms. The summed E-state index contributed by atoms with van der Waals surface area (Å²) >= 11 is 3.49. The Morgan fingerprint density at radius 3 is 2.68 bits per heavy atom. The maximum absolute atomic E-state index is 11.0. The molecule has 0 aliphatic heterocycles. The van der Waals surface area contributed by atoms with Crippen LogP contribution in [0, 0.1) is 6.92 Å². The number of hydrogen-bond acceptors (Lipinski definition) is 2. The number of halogens is 1. The van der Waals surface area contributed by atoms with E-state index >= 15 is 0 Å². The van der Waals surface area contributed by atoms with Gasteiger partial charge in [-0.1, -0.05) is 40.9 Å². The second-order valence-electron chi connectivity index (χ2n) is 5.32. The molecule has 0 heterocycles. The first-order chi connectivity index (χ1) is 9.06. The summed E-state index contributed by atoms with van der Waals surface area (Å²) in [6, 6.07) is 6.67. The third-order valence-electron chi connectivity index (χ3n) is 3.79. The number of hydrogen-bond donors (Lipinski definition) is 1. The first-order valence-electron chi connectivity index (χ1n) is 6.77. The summed E-state index contributed by atoms with van der Waals surface area (Å²) in [5.74, 6) is -0.735. The predicted molar refractivity (Wildman–Crippen MR) is 79.2 cm³/mol. The Morgan fingerprint density at radius 2 is 2.11 bits per heavy atom. The van der Waals surface area contributed by atoms with E-state index in [1.165, 1.54) is 24.0 Å². The Morgan fingerprint density at radius 1 is 1.42 bits per heavy atom. The Hall–Kier alpha value is -0.870. The molecule has 104 valence electrons. The molecule has 0 aromatic heterocycles. The highest BCUT2D eigenvalue weighted by Gasteiger charge is 2.24. The van der Waals surface area contributed by atoms with E-state index in [-0.39, 0.29) is 6.54 Å². The van der Waals surface area contributed by atoms with Crippen molar-refractivity contribution in [1.29, 1.82) is 0 Å². The second-order valence-corrected chi connectivity index (χ2v) is 6.17. The van der Waals surface area contributed by atoms with Gasteiger partial charge in [0.05, 0.1) is 6.54 Å². The Labute approximate surface area is 122 Å². The van der Waals surface area contributed by atoms with Crippen LogP contribution < -0.4 is 0 Å². The number of nitrogens with zero attached hydrogens (tertiary/aromatic N) is 1. The number of aliphatic carboxylic acids is 1. The second kappa shape index (κ2) is 6.53. The fourth-order valence-corrected chi connectivity index (χ4v) is 3.04. The van der Waals surface area contributed by atoms with Gasteiger partial charge in [-0.25, -0.2) is 0 Å². The van der Waals surface area contributed by atoms with Crippen LogP contribution in [0.25, 0.3) is 0 Å². The minimum atomic E-state index is -0.735. The fraction of sp³-hybridized carbons (Fsp3) is 0.533. The van der Waals surface area contributed by atoms with Crippen molar-refractivity contribution in [2.45, 2.75) is 45.2 Å². The maximum atomic E-state index is 11.0. The summed E-state index contributed by atoms with van der Waals surface area (Å²) < 4.78 is 1.10. The van der Waals surface area contributed by atoms with E-state index in [1.54, 1.807) is 0 Å². The van der Waals surface area contributed by atoms with Crippen molar-refractivity contribution in [3.05, 3.63) is 33.8 Å². The van der Waals surface area contributed by atoms with Gasteiger partial charge in [0, 0.05) is 17.1 Å². The van der Waals surface area contributed by atoms with E-state index < -0.39 is 5.97 Å². The normalized spacial score (nSPS) is 16.2. The smallest absolute Gasteiger partial charge is 0.317 e. The van der Waals surface area contributed by atoms with Crippen LogP contribution >= 0.6 is 15.9 Å². The number of benzene rings is 1. The van der Waals surface area contributed by atoms with Gasteiger partial charge in [-0.05, 0) is 37.0 Å². The molecule has 0 amide bonds. The summed E-state index contributed by atoms with van der Waals surface area (Å²) in [7, 11) is 0. The van der Waals surface area contributed by atoms with Crippen molar-refractivity contribution in [3.8, 4) is 0 Å². The van der Waals surface area contributed by atoms with Crippen LogP contribution in [-0.4, -0.2) is 28.6 Å². The number of aryl methyl sites for hydroxylation is 1. The molecule has 1 aromatic rings. The Balaban J connectivity index is 2.09. The number of rotatable bonds is 5. The third-order valence-corrected chi connectivity index (χ3v) is 4.68. The van der Waals surface area contributed by atoms with Crippen LogP contribution in [0.4, 0.5) is 0 Å². The standard InChI is InChI=1S/C15H20BrNO2/c1-11-8-12(6-7-14(11)16)9-17(10-15(18)19)13-4-2-3-5-13/h6-8,13H,2-5,9-10H2,1H3,(H,18,19). The maximum Gasteiger partial charge on any atom is 0.317 e. The summed E-state index contributed by atoms with van der Waals surface area (Å²) in [5.41, 5.74) is 2.38. The van der Waals surface area contributed by atoms with Crippen molar-refractivity contribution in [3.63, 3.8) is 0 Å². The van der Waals surface area contributed by atoms with E-state index in [9.17, 15) is 4.79 Å². The van der Waals surface area contributed by atoms with Crippen LogP contribution in [0.1, 0.15) is 36.8 Å². The average Bonchev–Trinajstić information content (AvgIpc) is 2.86. The Kier molecular flexibility index (Phi) is 4.99. The van der Waals surface area contributed by atoms with Gasteiger partial charge >= 0.3 is 5.97 Å². The largest absolute Gasteiger partial charge is 0.480 e. The van der Waals surface area contributed by atoms with Crippen LogP contribution in [-0.2, 0) is 11.3 Å². The lowest BCUT2D eigenvalue weighted by molar-refractivity contribution is -0.139. The zero-order chi connectivity index (χ0) is 13.8. The highest BCUT2D eigenvalue weighted by molar-refractivity contribution is 9.10. The van der Waals surface area contributed by atoms with E-state index in [0.29, 0.717) is 6.04 Å². The van der Waals surface area contributed by atoms with Crippen molar-refractivity contribution in [1.82, 2.24) is 4.90 Å². The number of carbonyl (C=O) groups is 1. The quantitative estimate of drug-likeness (QED) is 0.899. The SMILES string of the molecule is Cc1cc(CN(CC(=O)O)C2CCCC2)ccc1Br. The molecule has 0 spiro atoms. The van der Waals surface area contributed by atoms with Gasteiger partial charge in [0.25, 0.3) is 0 Å². The molecular weight excluding hydrogens is 306 g/mol. The van der Waals surface area contributed by atoms with Gasteiger partial charge in [0.2, 0.25) is 0 Å². The lowest BCUT2D eigenvalue weighted by Gasteiger charge is -2.27. The molecule has 1 N–H and O–H groups in total. The first-order valence-corrected chi connectivity index (χ1v) is 7.56. The summed E-state index contributed by atoms with van der Waals surface area (Å²) in [6.07, 6.45) is 4.70. The zero-order valence-electron chi connectivity index (χ0n) is 11.2. The predicted octanol–water partition coefficient (Wildman–Crippen LogP) is 3.59. The monoisotopic (exact) mass is 325 g/mol. The van der Waals surface area contributed by atoms with Gasteiger partial charge < -0.3 is 5.11 Å². The molecule has 19 heavy (non-hydrogen) atoms. The number of carboxylic acid groups (broad SMARTS) is 1. The molecule has 0 radical (unpaired) electrons. The molecule has 1 saturated carbocycles. The van der Waals surface area contributed by atoms with E-state index in [4.69, 9.17) is 5.11 Å². The van der Waals surface area contributed by atoms with E-state index in [1.807, 2.05) is 6.07 Å². The van der Waals surface area contributed by atoms with Gasteiger partial charge in [-0.15, -0.1) is 0 Å². The molecule has 1 aliphatic carbocycles. The molecule has 0 unspecified atom stereocenters. The van der Waals surface area contributed by atoms with Gasteiger partial charge in [0.15, 0.2) is 0 Å². The summed E-state index contributed by atoms with van der Waals surface area (Å²) in [6.45, 7) is 2.93. The van der Waals surface area contributed by atoms with Gasteiger partial charge in [-0.2, -0.15) is 0 Å². The number of carboxylic acids is 1. The van der Waals surface area contributed by atoms with E-state index in [0.717, 1.165) is 23.9 Å². The molecular formula is C15H20BrNO2. The van der Waals surface area contributed by atoms with Crippen molar-refractivity contribution < 1.29 is 9.90 Å². The topological polar surface area (TPSA) is 40.5 Å². The van der Waals surface area contributed by atoms with Crippen LogP contribution in [0.3, 0.4) is 0 Å². The molecule has 1 fully saturated rings.